The zero-order chi connectivity index (χ0) is 24.2. The van der Waals surface area contributed by atoms with E-state index in [0.717, 1.165) is 11.8 Å². The van der Waals surface area contributed by atoms with Crippen LogP contribution in [0.25, 0.3) is 0 Å². The fourth-order valence-electron chi connectivity index (χ4n) is 3.57. The van der Waals surface area contributed by atoms with Gasteiger partial charge in [0.1, 0.15) is 12.4 Å². The molecule has 10 nitrogen and oxygen atoms in total. The molecule has 2 heterocycles. The van der Waals surface area contributed by atoms with Crippen molar-refractivity contribution in [3.05, 3.63) is 10.6 Å². The number of esters is 2. The second-order valence-corrected chi connectivity index (χ2v) is 10.3. The van der Waals surface area contributed by atoms with Crippen molar-refractivity contribution in [2.24, 2.45) is 11.3 Å². The van der Waals surface area contributed by atoms with Gasteiger partial charge in [0, 0.05) is 23.3 Å². The largest absolute Gasteiger partial charge is 0.427 e. The Kier molecular flexibility index (Phi) is 8.72. The fourth-order valence-corrected chi connectivity index (χ4v) is 4.96. The van der Waals surface area contributed by atoms with E-state index < -0.39 is 54.2 Å². The van der Waals surface area contributed by atoms with Crippen molar-refractivity contribution in [2.75, 3.05) is 13.5 Å². The highest BCUT2D eigenvalue weighted by Crippen LogP contribution is 2.45. The van der Waals surface area contributed by atoms with Crippen molar-refractivity contribution in [1.82, 2.24) is 10.2 Å². The van der Waals surface area contributed by atoms with E-state index in [2.05, 4.69) is 5.32 Å². The van der Waals surface area contributed by atoms with Gasteiger partial charge in [-0.1, -0.05) is 6.92 Å². The smallest absolute Gasteiger partial charge is 0.358 e. The molecule has 0 aromatic carbocycles. The molecule has 0 aromatic rings. The first-order valence-electron chi connectivity index (χ1n) is 10.5. The molecule has 1 saturated heterocycles. The summed E-state index contributed by atoms with van der Waals surface area (Å²) in [7, 11) is 0. The molecule has 2 aliphatic heterocycles. The summed E-state index contributed by atoms with van der Waals surface area (Å²) in [4.78, 5) is 50.6. The number of piperidine rings is 1. The average Bonchev–Trinajstić information content (AvgIpc) is 2.94. The Hall–Kier alpha value is -2.11. The number of imide groups is 1. The topological polar surface area (TPSA) is 142 Å². The second-order valence-electron chi connectivity index (χ2n) is 9.05. The van der Waals surface area contributed by atoms with Crippen LogP contribution in [0.4, 0.5) is 0 Å². The Morgan fingerprint density at radius 2 is 1.94 bits per heavy atom. The molecule has 32 heavy (non-hydrogen) atoms. The number of ether oxygens (including phenoxy) is 2. The van der Waals surface area contributed by atoms with Crippen LogP contribution >= 0.6 is 11.8 Å². The van der Waals surface area contributed by atoms with E-state index in [1.54, 1.807) is 27.7 Å². The number of carbonyl (C=O) groups excluding carboxylic acids is 4. The number of rotatable bonds is 8. The van der Waals surface area contributed by atoms with Gasteiger partial charge in [-0.05, 0) is 40.5 Å². The lowest BCUT2D eigenvalue weighted by atomic mass is 9.98. The number of amides is 2. The van der Waals surface area contributed by atoms with Gasteiger partial charge in [0.05, 0.1) is 16.8 Å². The van der Waals surface area contributed by atoms with Gasteiger partial charge >= 0.3 is 11.9 Å². The minimum absolute atomic E-state index is 0.0622. The van der Waals surface area contributed by atoms with E-state index in [4.69, 9.17) is 9.47 Å². The summed E-state index contributed by atoms with van der Waals surface area (Å²) in [6.07, 6.45) is 0.0873. The highest BCUT2D eigenvalue weighted by atomic mass is 32.2. The lowest BCUT2D eigenvalue weighted by Crippen LogP contribution is -2.42. The molecule has 0 radical (unpaired) electrons. The molecule has 1 fully saturated rings. The first-order chi connectivity index (χ1) is 14.9. The normalized spacial score (nSPS) is 25.0. The minimum Gasteiger partial charge on any atom is -0.427 e. The van der Waals surface area contributed by atoms with Gasteiger partial charge in [-0.25, -0.2) is 4.79 Å². The van der Waals surface area contributed by atoms with E-state index >= 15 is 0 Å². The van der Waals surface area contributed by atoms with Crippen molar-refractivity contribution in [3.63, 3.8) is 0 Å². The van der Waals surface area contributed by atoms with E-state index in [1.165, 1.54) is 4.90 Å². The molecular formula is C21H32N2O8S. The van der Waals surface area contributed by atoms with Gasteiger partial charge in [-0.15, -0.1) is 11.8 Å². The Morgan fingerprint density at radius 1 is 1.28 bits per heavy atom. The highest BCUT2D eigenvalue weighted by Gasteiger charge is 2.44. The quantitative estimate of drug-likeness (QED) is 0.264. The third-order valence-electron chi connectivity index (χ3n) is 5.29. The zero-order valence-corrected chi connectivity index (χ0v) is 19.9. The SMILES string of the molecule is C[C@@H](O)C[C@H]1[C@@H](C)C(S[C@@H]2CCC(=O)NC2=O)=C(C(=O)OCOC(=O)C(C)(C)C)N1CO. The Morgan fingerprint density at radius 3 is 2.47 bits per heavy atom. The number of nitrogens with zero attached hydrogens (tertiary/aromatic N) is 1. The van der Waals surface area contributed by atoms with Crippen LogP contribution in [0.1, 0.15) is 53.9 Å². The van der Waals surface area contributed by atoms with Crippen LogP contribution in [0.5, 0.6) is 0 Å². The summed E-state index contributed by atoms with van der Waals surface area (Å²) < 4.78 is 10.2. The van der Waals surface area contributed by atoms with Crippen LogP contribution in [0.15, 0.2) is 10.6 Å². The molecular weight excluding hydrogens is 440 g/mol. The standard InChI is InChI=1S/C21H32N2O8S/c1-11(25)8-13-12(2)17(32-14-6-7-15(26)22-18(14)27)16(23(13)9-24)19(28)30-10-31-20(29)21(3,4)5/h11-14,24-25H,6-10H2,1-5H3,(H,22,26,27)/t11-,12-,13+,14-/m1/s1. The van der Waals surface area contributed by atoms with Crippen LogP contribution in [0.2, 0.25) is 0 Å². The van der Waals surface area contributed by atoms with Gasteiger partial charge in [0.25, 0.3) is 0 Å². The molecule has 180 valence electrons. The summed E-state index contributed by atoms with van der Waals surface area (Å²) in [5, 5.41) is 21.6. The van der Waals surface area contributed by atoms with E-state index in [-0.39, 0.29) is 30.4 Å². The molecule has 2 amide bonds. The molecule has 2 aliphatic rings. The van der Waals surface area contributed by atoms with Gasteiger partial charge < -0.3 is 24.6 Å². The van der Waals surface area contributed by atoms with Crippen LogP contribution in [0, 0.1) is 11.3 Å². The summed E-state index contributed by atoms with van der Waals surface area (Å²) in [6, 6.07) is -0.407. The van der Waals surface area contributed by atoms with E-state index in [1.807, 2.05) is 6.92 Å². The molecule has 0 bridgehead atoms. The number of aliphatic hydroxyl groups is 2. The Labute approximate surface area is 191 Å². The summed E-state index contributed by atoms with van der Waals surface area (Å²) in [6.45, 7) is 7.35. The van der Waals surface area contributed by atoms with Gasteiger partial charge in [0.2, 0.25) is 18.6 Å². The predicted molar refractivity (Wildman–Crippen MR) is 115 cm³/mol. The average molecular weight is 473 g/mol. The molecule has 0 spiro atoms. The molecule has 4 atom stereocenters. The molecule has 0 aromatic heterocycles. The van der Waals surface area contributed by atoms with Gasteiger partial charge in [-0.2, -0.15) is 0 Å². The third-order valence-corrected chi connectivity index (χ3v) is 6.84. The van der Waals surface area contributed by atoms with Crippen molar-refractivity contribution in [2.45, 2.75) is 71.3 Å². The molecule has 3 N–H and O–H groups in total. The first kappa shape index (κ1) is 26.1. The minimum atomic E-state index is -0.810. The molecule has 0 aliphatic carbocycles. The van der Waals surface area contributed by atoms with E-state index in [0.29, 0.717) is 11.3 Å². The molecule has 0 saturated carbocycles. The fraction of sp³-hybridized carbons (Fsp3) is 0.714. The van der Waals surface area contributed by atoms with Crippen LogP contribution in [0.3, 0.4) is 0 Å². The Bertz CT molecular complexity index is 789. The van der Waals surface area contributed by atoms with Gasteiger partial charge in [0.15, 0.2) is 0 Å². The predicted octanol–water partition coefficient (Wildman–Crippen LogP) is 0.867. The monoisotopic (exact) mass is 472 g/mol. The van der Waals surface area contributed by atoms with Gasteiger partial charge in [-0.3, -0.25) is 19.7 Å². The summed E-state index contributed by atoms with van der Waals surface area (Å²) >= 11 is 1.15. The lowest BCUT2D eigenvalue weighted by Gasteiger charge is -2.29. The maximum atomic E-state index is 13.0. The first-order valence-corrected chi connectivity index (χ1v) is 11.4. The zero-order valence-electron chi connectivity index (χ0n) is 19.0. The molecule has 2 rings (SSSR count). The maximum Gasteiger partial charge on any atom is 0.358 e. The molecule has 11 heteroatoms. The van der Waals surface area contributed by atoms with Crippen molar-refractivity contribution >= 4 is 35.5 Å². The van der Waals surface area contributed by atoms with Crippen LogP contribution < -0.4 is 5.32 Å². The van der Waals surface area contributed by atoms with Crippen LogP contribution in [-0.4, -0.2) is 69.8 Å². The maximum absolute atomic E-state index is 13.0. The summed E-state index contributed by atoms with van der Waals surface area (Å²) in [5.74, 6) is -2.43. The van der Waals surface area contributed by atoms with Crippen LogP contribution in [-0.2, 0) is 28.7 Å². The number of hydrogen-bond acceptors (Lipinski definition) is 10. The second kappa shape index (κ2) is 10.7. The third kappa shape index (κ3) is 6.23. The highest BCUT2D eigenvalue weighted by molar-refractivity contribution is 8.04. The van der Waals surface area contributed by atoms with Crippen molar-refractivity contribution in [1.29, 1.82) is 0 Å². The molecule has 0 unspecified atom stereocenters. The van der Waals surface area contributed by atoms with Crippen molar-refractivity contribution < 1.29 is 38.9 Å². The Balaban J connectivity index is 2.26. The summed E-state index contributed by atoms with van der Waals surface area (Å²) in [5.41, 5.74) is -0.702. The van der Waals surface area contributed by atoms with Crippen molar-refractivity contribution in [3.8, 4) is 0 Å². The number of carbonyl (C=O) groups is 4. The van der Waals surface area contributed by atoms with E-state index in [9.17, 15) is 29.4 Å². The number of thioether (sulfide) groups is 1. The number of aliphatic hydroxyl groups excluding tert-OH is 2. The number of nitrogens with one attached hydrogen (secondary N) is 1. The number of hydrogen-bond donors (Lipinski definition) is 3. The lowest BCUT2D eigenvalue weighted by molar-refractivity contribution is -0.172.